The van der Waals surface area contributed by atoms with E-state index in [2.05, 4.69) is 4.98 Å². The van der Waals surface area contributed by atoms with Crippen molar-refractivity contribution in [1.82, 2.24) is 9.55 Å². The second-order valence-electron chi connectivity index (χ2n) is 4.75. The molecule has 0 fully saturated rings. The first-order valence-corrected chi connectivity index (χ1v) is 6.37. The lowest BCUT2D eigenvalue weighted by Crippen LogP contribution is -2.15. The Morgan fingerprint density at radius 3 is 3.06 bits per heavy atom. The average molecular weight is 244 g/mol. The van der Waals surface area contributed by atoms with E-state index in [1.54, 1.807) is 12.1 Å². The van der Waals surface area contributed by atoms with Crippen LogP contribution >= 0.6 is 0 Å². The predicted molar refractivity (Wildman–Crippen MR) is 66.6 cm³/mol. The smallest absolute Gasteiger partial charge is 0.217 e. The molecule has 4 heteroatoms. The Balaban J connectivity index is 1.89. The monoisotopic (exact) mass is 244 g/mol. The fraction of sp³-hybridized carbons (Fsp3) is 0.429. The van der Waals surface area contributed by atoms with Crippen LogP contribution in [-0.4, -0.2) is 15.3 Å². The zero-order chi connectivity index (χ0) is 12.5. The summed E-state index contributed by atoms with van der Waals surface area (Å²) in [6.07, 6.45) is 5.99. The van der Waals surface area contributed by atoms with Crippen LogP contribution in [0.1, 0.15) is 40.6 Å². The first-order chi connectivity index (χ1) is 8.75. The lowest BCUT2D eigenvalue weighted by atomic mass is 10.0. The summed E-state index contributed by atoms with van der Waals surface area (Å²) in [5.41, 5.74) is 2.41. The number of imidazole rings is 1. The van der Waals surface area contributed by atoms with Gasteiger partial charge >= 0.3 is 0 Å². The van der Waals surface area contributed by atoms with Crippen molar-refractivity contribution in [3.05, 3.63) is 41.4 Å². The van der Waals surface area contributed by atoms with Crippen LogP contribution in [0.25, 0.3) is 0 Å². The molecule has 0 amide bonds. The summed E-state index contributed by atoms with van der Waals surface area (Å²) in [6, 6.07) is 3.45. The molecule has 4 nitrogen and oxygen atoms in total. The summed E-state index contributed by atoms with van der Waals surface area (Å²) in [7, 11) is 0. The van der Waals surface area contributed by atoms with Crippen LogP contribution in [0.3, 0.4) is 0 Å². The van der Waals surface area contributed by atoms with Gasteiger partial charge in [-0.1, -0.05) is 0 Å². The number of nitrogens with zero attached hydrogens (tertiary/aromatic N) is 2. The maximum absolute atomic E-state index is 12.1. The van der Waals surface area contributed by atoms with Crippen LogP contribution in [0.4, 0.5) is 0 Å². The maximum Gasteiger partial charge on any atom is 0.217 e. The SMILES string of the molecule is Cc1nc2c(n1CC(=O)c1ccco1)CCCC2. The van der Waals surface area contributed by atoms with Crippen molar-refractivity contribution in [3.8, 4) is 0 Å². The van der Waals surface area contributed by atoms with E-state index >= 15 is 0 Å². The number of fused-ring (bicyclic) bond motifs is 1. The number of hydrogen-bond donors (Lipinski definition) is 0. The molecule has 0 bridgehead atoms. The second-order valence-corrected chi connectivity index (χ2v) is 4.75. The Labute approximate surface area is 106 Å². The Kier molecular flexibility index (Phi) is 2.78. The summed E-state index contributed by atoms with van der Waals surface area (Å²) in [6.45, 7) is 2.30. The molecule has 0 aliphatic heterocycles. The van der Waals surface area contributed by atoms with Crippen molar-refractivity contribution in [2.24, 2.45) is 0 Å². The van der Waals surface area contributed by atoms with Gasteiger partial charge in [0, 0.05) is 5.69 Å². The normalized spacial score (nSPS) is 14.5. The van der Waals surface area contributed by atoms with E-state index in [0.29, 0.717) is 12.3 Å². The molecule has 0 saturated carbocycles. The van der Waals surface area contributed by atoms with Gasteiger partial charge in [0.25, 0.3) is 0 Å². The summed E-state index contributed by atoms with van der Waals surface area (Å²) in [5.74, 6) is 1.36. The summed E-state index contributed by atoms with van der Waals surface area (Å²) in [4.78, 5) is 16.6. The van der Waals surface area contributed by atoms with Crippen molar-refractivity contribution in [3.63, 3.8) is 0 Å². The van der Waals surface area contributed by atoms with Crippen molar-refractivity contribution < 1.29 is 9.21 Å². The lowest BCUT2D eigenvalue weighted by molar-refractivity contribution is 0.0943. The minimum atomic E-state index is 0.00822. The number of hydrogen-bond acceptors (Lipinski definition) is 3. The van der Waals surface area contributed by atoms with E-state index < -0.39 is 0 Å². The predicted octanol–water partition coefficient (Wildman–Crippen LogP) is 2.55. The van der Waals surface area contributed by atoms with E-state index in [4.69, 9.17) is 4.42 Å². The molecule has 0 spiro atoms. The Morgan fingerprint density at radius 1 is 1.44 bits per heavy atom. The third-order valence-electron chi connectivity index (χ3n) is 3.52. The van der Waals surface area contributed by atoms with Crippen molar-refractivity contribution >= 4 is 5.78 Å². The summed E-state index contributed by atoms with van der Waals surface area (Å²) < 4.78 is 7.19. The molecule has 18 heavy (non-hydrogen) atoms. The largest absolute Gasteiger partial charge is 0.461 e. The van der Waals surface area contributed by atoms with Crippen molar-refractivity contribution in [1.29, 1.82) is 0 Å². The number of aromatic nitrogens is 2. The molecule has 0 unspecified atom stereocenters. The van der Waals surface area contributed by atoms with E-state index in [-0.39, 0.29) is 5.78 Å². The highest BCUT2D eigenvalue weighted by atomic mass is 16.3. The number of aryl methyl sites for hydroxylation is 2. The van der Waals surface area contributed by atoms with Gasteiger partial charge in [0.15, 0.2) is 5.76 Å². The minimum Gasteiger partial charge on any atom is -0.461 e. The molecule has 2 aromatic heterocycles. The summed E-state index contributed by atoms with van der Waals surface area (Å²) >= 11 is 0. The van der Waals surface area contributed by atoms with Crippen LogP contribution in [0, 0.1) is 6.92 Å². The quantitative estimate of drug-likeness (QED) is 0.779. The number of furan rings is 1. The number of carbonyl (C=O) groups excluding carboxylic acids is 1. The third kappa shape index (κ3) is 1.88. The van der Waals surface area contributed by atoms with Crippen LogP contribution in [0.15, 0.2) is 22.8 Å². The fourth-order valence-electron chi connectivity index (χ4n) is 2.60. The molecule has 0 atom stereocenters. The Bertz CT molecular complexity index is 567. The summed E-state index contributed by atoms with van der Waals surface area (Å²) in [5, 5.41) is 0. The van der Waals surface area contributed by atoms with E-state index in [1.165, 1.54) is 30.5 Å². The molecule has 0 aromatic carbocycles. The molecule has 2 aromatic rings. The van der Waals surface area contributed by atoms with Gasteiger partial charge in [0.1, 0.15) is 5.82 Å². The number of carbonyl (C=O) groups is 1. The highest BCUT2D eigenvalue weighted by Gasteiger charge is 2.20. The number of Topliss-reactive ketones (excluding diaryl/α,β-unsaturated/α-hetero) is 1. The first-order valence-electron chi connectivity index (χ1n) is 6.37. The zero-order valence-corrected chi connectivity index (χ0v) is 10.5. The number of ketones is 1. The van der Waals surface area contributed by atoms with Gasteiger partial charge in [-0.05, 0) is 44.7 Å². The third-order valence-corrected chi connectivity index (χ3v) is 3.52. The second kappa shape index (κ2) is 4.44. The molecule has 3 rings (SSSR count). The van der Waals surface area contributed by atoms with Crippen LogP contribution in [-0.2, 0) is 19.4 Å². The van der Waals surface area contributed by atoms with Crippen molar-refractivity contribution in [2.45, 2.75) is 39.2 Å². The van der Waals surface area contributed by atoms with Gasteiger partial charge in [-0.25, -0.2) is 4.98 Å². The van der Waals surface area contributed by atoms with Gasteiger partial charge in [-0.2, -0.15) is 0 Å². The van der Waals surface area contributed by atoms with Gasteiger partial charge in [0.05, 0.1) is 18.5 Å². The van der Waals surface area contributed by atoms with E-state index in [9.17, 15) is 4.79 Å². The van der Waals surface area contributed by atoms with Gasteiger partial charge in [-0.15, -0.1) is 0 Å². The molecular weight excluding hydrogens is 228 g/mol. The molecule has 0 radical (unpaired) electrons. The molecule has 1 aliphatic rings. The molecule has 0 N–H and O–H groups in total. The van der Waals surface area contributed by atoms with Crippen LogP contribution in [0.2, 0.25) is 0 Å². The molecule has 0 saturated heterocycles. The average Bonchev–Trinajstić information content (AvgIpc) is 2.98. The molecular formula is C14H16N2O2. The van der Waals surface area contributed by atoms with E-state index in [0.717, 1.165) is 18.7 Å². The van der Waals surface area contributed by atoms with Crippen LogP contribution in [0.5, 0.6) is 0 Å². The minimum absolute atomic E-state index is 0.00822. The highest BCUT2D eigenvalue weighted by Crippen LogP contribution is 2.22. The molecule has 2 heterocycles. The number of rotatable bonds is 3. The Hall–Kier alpha value is -1.84. The lowest BCUT2D eigenvalue weighted by Gasteiger charge is -2.13. The Morgan fingerprint density at radius 2 is 2.28 bits per heavy atom. The van der Waals surface area contributed by atoms with E-state index in [1.807, 2.05) is 11.5 Å². The van der Waals surface area contributed by atoms with Crippen molar-refractivity contribution in [2.75, 3.05) is 0 Å². The zero-order valence-electron chi connectivity index (χ0n) is 10.5. The fourth-order valence-corrected chi connectivity index (χ4v) is 2.60. The first kappa shape index (κ1) is 11.3. The highest BCUT2D eigenvalue weighted by molar-refractivity contribution is 5.93. The standard InChI is InChI=1S/C14H16N2O2/c1-10-15-11-5-2-3-6-12(11)16(10)9-13(17)14-7-4-8-18-14/h4,7-8H,2-3,5-6,9H2,1H3. The van der Waals surface area contributed by atoms with Crippen LogP contribution < -0.4 is 0 Å². The topological polar surface area (TPSA) is 48.0 Å². The molecule has 94 valence electrons. The molecule has 1 aliphatic carbocycles. The van der Waals surface area contributed by atoms with Gasteiger partial charge in [0.2, 0.25) is 5.78 Å². The van der Waals surface area contributed by atoms with Gasteiger partial charge < -0.3 is 8.98 Å². The maximum atomic E-state index is 12.1. The van der Waals surface area contributed by atoms with Gasteiger partial charge in [-0.3, -0.25) is 4.79 Å².